The van der Waals surface area contributed by atoms with Crippen LogP contribution in [0.2, 0.25) is 0 Å². The molecule has 0 radical (unpaired) electrons. The van der Waals surface area contributed by atoms with Gasteiger partial charge in [0.05, 0.1) is 6.10 Å². The van der Waals surface area contributed by atoms with Gasteiger partial charge >= 0.3 is 0 Å². The monoisotopic (exact) mass is 245 g/mol. The molecule has 2 rings (SSSR count). The maximum absolute atomic E-state index is 6.00. The van der Waals surface area contributed by atoms with Crippen LogP contribution in [0, 0.1) is 0 Å². The van der Waals surface area contributed by atoms with Crippen LogP contribution in [0.3, 0.4) is 0 Å². The van der Waals surface area contributed by atoms with Crippen molar-refractivity contribution < 1.29 is 4.74 Å². The van der Waals surface area contributed by atoms with Crippen LogP contribution in [0.25, 0.3) is 0 Å². The van der Waals surface area contributed by atoms with Crippen LogP contribution in [-0.4, -0.2) is 19.2 Å². The van der Waals surface area contributed by atoms with E-state index in [2.05, 4.69) is 36.2 Å². The van der Waals surface area contributed by atoms with Crippen LogP contribution in [0.5, 0.6) is 0 Å². The molecule has 0 amide bonds. The van der Waals surface area contributed by atoms with Crippen molar-refractivity contribution in [2.75, 3.05) is 13.2 Å². The first-order valence-electron chi connectivity index (χ1n) is 6.91. The summed E-state index contributed by atoms with van der Waals surface area (Å²) in [5.41, 5.74) is 1.27. The van der Waals surface area contributed by atoms with E-state index in [9.17, 15) is 0 Å². The highest BCUT2D eigenvalue weighted by atomic mass is 16.5. The summed E-state index contributed by atoms with van der Waals surface area (Å²) in [6.45, 7) is 5.46. The number of hydrogen-bond acceptors (Lipinski definition) is 2. The first-order chi connectivity index (χ1) is 8.90. The van der Waals surface area contributed by atoms with Crippen LogP contribution in [0.15, 0.2) is 43.0 Å². The molecule has 0 bridgehead atoms. The van der Waals surface area contributed by atoms with Crippen LogP contribution in [0.4, 0.5) is 0 Å². The summed E-state index contributed by atoms with van der Waals surface area (Å²) >= 11 is 0. The zero-order valence-corrected chi connectivity index (χ0v) is 11.0. The van der Waals surface area contributed by atoms with Gasteiger partial charge in [0, 0.05) is 19.2 Å². The van der Waals surface area contributed by atoms with Crippen LogP contribution in [0.1, 0.15) is 37.4 Å². The fraction of sp³-hybridized carbons (Fsp3) is 0.500. The molecule has 1 unspecified atom stereocenters. The number of allylic oxidation sites excluding steroid dienone is 1. The second-order valence-corrected chi connectivity index (χ2v) is 4.88. The highest BCUT2D eigenvalue weighted by Gasteiger charge is 2.22. The minimum atomic E-state index is 0.177. The average Bonchev–Trinajstić information content (AvgIpc) is 3.23. The molecule has 98 valence electrons. The molecule has 2 nitrogen and oxygen atoms in total. The highest BCUT2D eigenvalue weighted by molar-refractivity contribution is 5.18. The number of hydrogen-bond donors (Lipinski definition) is 1. The summed E-state index contributed by atoms with van der Waals surface area (Å²) in [6.07, 6.45) is 6.84. The van der Waals surface area contributed by atoms with Gasteiger partial charge in [-0.25, -0.2) is 0 Å². The lowest BCUT2D eigenvalue weighted by atomic mass is 10.1. The lowest BCUT2D eigenvalue weighted by molar-refractivity contribution is 0.0511. The number of benzene rings is 1. The average molecular weight is 245 g/mol. The van der Waals surface area contributed by atoms with E-state index in [-0.39, 0.29) is 6.10 Å². The van der Waals surface area contributed by atoms with Crippen molar-refractivity contribution in [3.8, 4) is 0 Å². The van der Waals surface area contributed by atoms with Crippen molar-refractivity contribution >= 4 is 0 Å². The molecule has 1 N–H and O–H groups in total. The van der Waals surface area contributed by atoms with Crippen molar-refractivity contribution in [2.24, 2.45) is 0 Å². The Hall–Kier alpha value is -1.12. The fourth-order valence-electron chi connectivity index (χ4n) is 1.96. The molecule has 1 aliphatic carbocycles. The summed E-state index contributed by atoms with van der Waals surface area (Å²) in [5, 5.41) is 3.55. The maximum Gasteiger partial charge on any atom is 0.0949 e. The molecule has 0 heterocycles. The van der Waals surface area contributed by atoms with Gasteiger partial charge in [-0.05, 0) is 31.2 Å². The standard InChI is InChI=1S/C16H23NO/c1-2-3-7-12-18-16(13-17-15-10-11-15)14-8-5-4-6-9-14/h2,4-6,8-9,15-17H,1,3,7,10-13H2. The number of rotatable bonds is 9. The van der Waals surface area contributed by atoms with Crippen molar-refractivity contribution in [3.05, 3.63) is 48.6 Å². The molecule has 1 aromatic carbocycles. The van der Waals surface area contributed by atoms with Gasteiger partial charge < -0.3 is 10.1 Å². The molecule has 1 atom stereocenters. The van der Waals surface area contributed by atoms with E-state index in [1.54, 1.807) is 0 Å². The van der Waals surface area contributed by atoms with E-state index in [0.29, 0.717) is 0 Å². The van der Waals surface area contributed by atoms with Crippen LogP contribution in [-0.2, 0) is 4.74 Å². The SMILES string of the molecule is C=CCCCOC(CNC1CC1)c1ccccc1. The predicted molar refractivity (Wildman–Crippen MR) is 75.6 cm³/mol. The van der Waals surface area contributed by atoms with E-state index in [1.165, 1.54) is 18.4 Å². The Balaban J connectivity index is 1.82. The third-order valence-corrected chi connectivity index (χ3v) is 3.21. The molecule has 0 aliphatic heterocycles. The van der Waals surface area contributed by atoms with Crippen molar-refractivity contribution in [3.63, 3.8) is 0 Å². The molecule has 0 aromatic heterocycles. The molecule has 1 fully saturated rings. The molecule has 2 heteroatoms. The van der Waals surface area contributed by atoms with Crippen molar-refractivity contribution in [1.82, 2.24) is 5.32 Å². The summed E-state index contributed by atoms with van der Waals surface area (Å²) in [5.74, 6) is 0. The largest absolute Gasteiger partial charge is 0.372 e. The van der Waals surface area contributed by atoms with E-state index in [1.807, 2.05) is 12.1 Å². The minimum absolute atomic E-state index is 0.177. The van der Waals surface area contributed by atoms with Gasteiger partial charge in [-0.2, -0.15) is 0 Å². The zero-order valence-electron chi connectivity index (χ0n) is 11.0. The highest BCUT2D eigenvalue weighted by Crippen LogP contribution is 2.22. The summed E-state index contributed by atoms with van der Waals surface area (Å²) in [7, 11) is 0. The van der Waals surface area contributed by atoms with Gasteiger partial charge in [0.25, 0.3) is 0 Å². The Morgan fingerprint density at radius 2 is 2.11 bits per heavy atom. The minimum Gasteiger partial charge on any atom is -0.372 e. The van der Waals surface area contributed by atoms with E-state index in [0.717, 1.165) is 32.0 Å². The Bertz CT molecular complexity index is 345. The van der Waals surface area contributed by atoms with Gasteiger partial charge in [-0.15, -0.1) is 6.58 Å². The Morgan fingerprint density at radius 1 is 1.33 bits per heavy atom. The van der Waals surface area contributed by atoms with E-state index >= 15 is 0 Å². The lowest BCUT2D eigenvalue weighted by Crippen LogP contribution is -2.25. The van der Waals surface area contributed by atoms with Gasteiger partial charge in [0.15, 0.2) is 0 Å². The maximum atomic E-state index is 6.00. The van der Waals surface area contributed by atoms with Crippen LogP contribution < -0.4 is 5.32 Å². The third kappa shape index (κ3) is 4.63. The Labute approximate surface area is 110 Å². The second kappa shape index (κ2) is 7.34. The molecule has 18 heavy (non-hydrogen) atoms. The lowest BCUT2D eigenvalue weighted by Gasteiger charge is -2.19. The normalized spacial score (nSPS) is 16.4. The van der Waals surface area contributed by atoms with Crippen LogP contribution >= 0.6 is 0 Å². The molecule has 0 saturated heterocycles. The summed E-state index contributed by atoms with van der Waals surface area (Å²) < 4.78 is 6.00. The second-order valence-electron chi connectivity index (χ2n) is 4.88. The molecular weight excluding hydrogens is 222 g/mol. The summed E-state index contributed by atoms with van der Waals surface area (Å²) in [6, 6.07) is 11.2. The fourth-order valence-corrected chi connectivity index (χ4v) is 1.96. The molecule has 1 aromatic rings. The number of unbranched alkanes of at least 4 members (excludes halogenated alkanes) is 1. The van der Waals surface area contributed by atoms with Crippen molar-refractivity contribution in [2.45, 2.75) is 37.8 Å². The van der Waals surface area contributed by atoms with Gasteiger partial charge in [0.1, 0.15) is 0 Å². The first-order valence-corrected chi connectivity index (χ1v) is 6.91. The van der Waals surface area contributed by atoms with Gasteiger partial charge in [-0.1, -0.05) is 36.4 Å². The zero-order chi connectivity index (χ0) is 12.6. The first kappa shape index (κ1) is 13.3. The summed E-state index contributed by atoms with van der Waals surface area (Å²) in [4.78, 5) is 0. The van der Waals surface area contributed by atoms with Crippen molar-refractivity contribution in [1.29, 1.82) is 0 Å². The molecule has 1 aliphatic rings. The topological polar surface area (TPSA) is 21.3 Å². The molecule has 0 spiro atoms. The Kier molecular flexibility index (Phi) is 5.43. The smallest absolute Gasteiger partial charge is 0.0949 e. The predicted octanol–water partition coefficient (Wildman–Crippen LogP) is 3.46. The van der Waals surface area contributed by atoms with Gasteiger partial charge in [-0.3, -0.25) is 0 Å². The number of nitrogens with one attached hydrogen (secondary N) is 1. The van der Waals surface area contributed by atoms with Gasteiger partial charge in [0.2, 0.25) is 0 Å². The quantitative estimate of drug-likeness (QED) is 0.531. The molecular formula is C16H23NO. The van der Waals surface area contributed by atoms with E-state index < -0.39 is 0 Å². The molecule has 1 saturated carbocycles. The number of ether oxygens (including phenoxy) is 1. The van der Waals surface area contributed by atoms with E-state index in [4.69, 9.17) is 4.74 Å². The Morgan fingerprint density at radius 3 is 2.78 bits per heavy atom. The third-order valence-electron chi connectivity index (χ3n) is 3.21.